The zero-order chi connectivity index (χ0) is 20.8. The van der Waals surface area contributed by atoms with E-state index in [2.05, 4.69) is 15.7 Å². The maximum Gasteiger partial charge on any atom is 0.273 e. The molecule has 1 aromatic heterocycles. The summed E-state index contributed by atoms with van der Waals surface area (Å²) in [5, 5.41) is 9.33. The Morgan fingerprint density at radius 3 is 2.55 bits per heavy atom. The van der Waals surface area contributed by atoms with Crippen LogP contribution in [0, 0.1) is 0 Å². The van der Waals surface area contributed by atoms with Crippen LogP contribution in [-0.2, 0) is 13.7 Å². The molecule has 0 saturated carbocycles. The van der Waals surface area contributed by atoms with Crippen molar-refractivity contribution in [3.05, 3.63) is 71.5 Å². The lowest BCUT2D eigenvalue weighted by atomic mass is 10.1. The van der Waals surface area contributed by atoms with Crippen LogP contribution >= 0.6 is 0 Å². The highest BCUT2D eigenvalue weighted by Gasteiger charge is 2.17. The molecule has 0 bridgehead atoms. The summed E-state index contributed by atoms with van der Waals surface area (Å²) in [7, 11) is 4.77. The predicted molar refractivity (Wildman–Crippen MR) is 108 cm³/mol. The standard InChI is InChI=1S/C21H22N4O4/c1-22-21(27)19-16(12-25(2)24-19)23-20(26)15-8-6-7-14(11-15)13-29-18-10-5-4-9-17(18)28-3/h4-12H,13H2,1-3H3,(H,22,27)(H,23,26). The number of aromatic nitrogens is 2. The monoisotopic (exact) mass is 394 g/mol. The van der Waals surface area contributed by atoms with Crippen molar-refractivity contribution in [3.8, 4) is 11.5 Å². The van der Waals surface area contributed by atoms with Gasteiger partial charge in [-0.25, -0.2) is 0 Å². The van der Waals surface area contributed by atoms with Crippen LogP contribution in [0.3, 0.4) is 0 Å². The number of rotatable bonds is 7. The second-order valence-corrected chi connectivity index (χ2v) is 6.24. The molecule has 2 amide bonds. The lowest BCUT2D eigenvalue weighted by Gasteiger charge is -2.11. The maximum absolute atomic E-state index is 12.7. The molecule has 29 heavy (non-hydrogen) atoms. The van der Waals surface area contributed by atoms with Crippen LogP contribution in [-0.4, -0.2) is 35.8 Å². The summed E-state index contributed by atoms with van der Waals surface area (Å²) in [5.41, 5.74) is 1.76. The van der Waals surface area contributed by atoms with Gasteiger partial charge in [0.15, 0.2) is 17.2 Å². The number of para-hydroxylation sites is 2. The van der Waals surface area contributed by atoms with Crippen molar-refractivity contribution in [1.29, 1.82) is 0 Å². The number of ether oxygens (including phenoxy) is 2. The molecule has 0 aliphatic rings. The zero-order valence-electron chi connectivity index (χ0n) is 16.4. The average molecular weight is 394 g/mol. The number of benzene rings is 2. The molecule has 0 saturated heterocycles. The first-order chi connectivity index (χ1) is 14.0. The average Bonchev–Trinajstić information content (AvgIpc) is 3.12. The van der Waals surface area contributed by atoms with Gasteiger partial charge in [0.05, 0.1) is 12.8 Å². The Hall–Kier alpha value is -3.81. The third kappa shape index (κ3) is 4.73. The van der Waals surface area contributed by atoms with Gasteiger partial charge < -0.3 is 20.1 Å². The smallest absolute Gasteiger partial charge is 0.273 e. The molecule has 0 unspecified atom stereocenters. The number of carbonyl (C=O) groups excluding carboxylic acids is 2. The number of methoxy groups -OCH3 is 1. The fourth-order valence-electron chi connectivity index (χ4n) is 2.76. The number of nitrogens with zero attached hydrogens (tertiary/aromatic N) is 2. The van der Waals surface area contributed by atoms with Crippen molar-refractivity contribution in [3.63, 3.8) is 0 Å². The fraction of sp³-hybridized carbons (Fsp3) is 0.190. The second-order valence-electron chi connectivity index (χ2n) is 6.24. The van der Waals surface area contributed by atoms with E-state index < -0.39 is 0 Å². The number of carbonyl (C=O) groups is 2. The van der Waals surface area contributed by atoms with Crippen LogP contribution in [0.4, 0.5) is 5.69 Å². The Balaban J connectivity index is 1.72. The van der Waals surface area contributed by atoms with Crippen molar-refractivity contribution in [2.75, 3.05) is 19.5 Å². The van der Waals surface area contributed by atoms with E-state index in [0.29, 0.717) is 22.7 Å². The molecule has 0 spiro atoms. The van der Waals surface area contributed by atoms with Gasteiger partial charge in [0, 0.05) is 25.9 Å². The maximum atomic E-state index is 12.7. The normalized spacial score (nSPS) is 10.3. The minimum atomic E-state index is -0.375. The number of hydrogen-bond acceptors (Lipinski definition) is 5. The number of anilines is 1. The van der Waals surface area contributed by atoms with Crippen LogP contribution in [0.2, 0.25) is 0 Å². The third-order valence-corrected chi connectivity index (χ3v) is 4.17. The minimum absolute atomic E-state index is 0.152. The summed E-state index contributed by atoms with van der Waals surface area (Å²) in [4.78, 5) is 24.6. The molecule has 0 fully saturated rings. The van der Waals surface area contributed by atoms with E-state index in [1.807, 2.05) is 30.3 Å². The van der Waals surface area contributed by atoms with E-state index in [4.69, 9.17) is 9.47 Å². The summed E-state index contributed by atoms with van der Waals surface area (Å²) in [6, 6.07) is 14.4. The van der Waals surface area contributed by atoms with E-state index in [-0.39, 0.29) is 24.1 Å². The number of aryl methyl sites for hydroxylation is 1. The first kappa shape index (κ1) is 19.9. The fourth-order valence-corrected chi connectivity index (χ4v) is 2.76. The highest BCUT2D eigenvalue weighted by Crippen LogP contribution is 2.26. The van der Waals surface area contributed by atoms with E-state index in [1.165, 1.54) is 11.7 Å². The molecule has 0 aliphatic carbocycles. The van der Waals surface area contributed by atoms with Crippen LogP contribution in [0.5, 0.6) is 11.5 Å². The summed E-state index contributed by atoms with van der Waals surface area (Å²) in [6.07, 6.45) is 1.58. The molecule has 0 radical (unpaired) electrons. The van der Waals surface area contributed by atoms with Gasteiger partial charge in [-0.2, -0.15) is 5.10 Å². The largest absolute Gasteiger partial charge is 0.493 e. The first-order valence-corrected chi connectivity index (χ1v) is 8.93. The lowest BCUT2D eigenvalue weighted by Crippen LogP contribution is -2.21. The summed E-state index contributed by atoms with van der Waals surface area (Å²) < 4.78 is 12.6. The summed E-state index contributed by atoms with van der Waals surface area (Å²) >= 11 is 0. The van der Waals surface area contributed by atoms with Crippen molar-refractivity contribution >= 4 is 17.5 Å². The van der Waals surface area contributed by atoms with Crippen LogP contribution in [0.1, 0.15) is 26.4 Å². The predicted octanol–water partition coefficient (Wildman–Crippen LogP) is 2.62. The molecule has 2 aromatic carbocycles. The Morgan fingerprint density at radius 1 is 1.07 bits per heavy atom. The van der Waals surface area contributed by atoms with E-state index in [1.54, 1.807) is 38.6 Å². The van der Waals surface area contributed by atoms with Crippen molar-refractivity contribution in [1.82, 2.24) is 15.1 Å². The molecule has 8 heteroatoms. The lowest BCUT2D eigenvalue weighted by molar-refractivity contribution is 0.0958. The molecule has 3 aromatic rings. The van der Waals surface area contributed by atoms with Crippen LogP contribution in [0.15, 0.2) is 54.7 Å². The van der Waals surface area contributed by atoms with Gasteiger partial charge in [-0.1, -0.05) is 24.3 Å². The van der Waals surface area contributed by atoms with Gasteiger partial charge >= 0.3 is 0 Å². The highest BCUT2D eigenvalue weighted by atomic mass is 16.5. The SMILES string of the molecule is CNC(=O)c1nn(C)cc1NC(=O)c1cccc(COc2ccccc2OC)c1. The third-order valence-electron chi connectivity index (χ3n) is 4.17. The Morgan fingerprint density at radius 2 is 1.83 bits per heavy atom. The van der Waals surface area contributed by atoms with Gasteiger partial charge in [0.25, 0.3) is 11.8 Å². The Kier molecular flexibility index (Phi) is 6.13. The van der Waals surface area contributed by atoms with Crippen LogP contribution < -0.4 is 20.1 Å². The van der Waals surface area contributed by atoms with Crippen molar-refractivity contribution < 1.29 is 19.1 Å². The van der Waals surface area contributed by atoms with Crippen LogP contribution in [0.25, 0.3) is 0 Å². The van der Waals surface area contributed by atoms with Gasteiger partial charge in [0.1, 0.15) is 6.61 Å². The molecule has 0 aliphatic heterocycles. The molecule has 0 atom stereocenters. The molecule has 1 heterocycles. The minimum Gasteiger partial charge on any atom is -0.493 e. The van der Waals surface area contributed by atoms with Gasteiger partial charge in [0.2, 0.25) is 0 Å². The molecule has 2 N–H and O–H groups in total. The van der Waals surface area contributed by atoms with Gasteiger partial charge in [-0.15, -0.1) is 0 Å². The highest BCUT2D eigenvalue weighted by molar-refractivity contribution is 6.08. The Labute approximate surface area is 168 Å². The molecular formula is C21H22N4O4. The molecular weight excluding hydrogens is 372 g/mol. The zero-order valence-corrected chi connectivity index (χ0v) is 16.4. The molecule has 150 valence electrons. The van der Waals surface area contributed by atoms with Crippen molar-refractivity contribution in [2.45, 2.75) is 6.61 Å². The van der Waals surface area contributed by atoms with Gasteiger partial charge in [-0.3, -0.25) is 14.3 Å². The van der Waals surface area contributed by atoms with E-state index in [0.717, 1.165) is 5.56 Å². The number of amides is 2. The number of hydrogen-bond donors (Lipinski definition) is 2. The first-order valence-electron chi connectivity index (χ1n) is 8.93. The molecule has 3 rings (SSSR count). The topological polar surface area (TPSA) is 94.5 Å². The van der Waals surface area contributed by atoms with E-state index >= 15 is 0 Å². The van der Waals surface area contributed by atoms with Gasteiger partial charge in [-0.05, 0) is 29.8 Å². The number of nitrogens with one attached hydrogen (secondary N) is 2. The summed E-state index contributed by atoms with van der Waals surface area (Å²) in [5.74, 6) is 0.539. The summed E-state index contributed by atoms with van der Waals surface area (Å²) in [6.45, 7) is 0.276. The van der Waals surface area contributed by atoms with E-state index in [9.17, 15) is 9.59 Å². The Bertz CT molecular complexity index is 1030. The van der Waals surface area contributed by atoms with Crippen molar-refractivity contribution in [2.24, 2.45) is 7.05 Å². The quantitative estimate of drug-likeness (QED) is 0.642. The molecule has 8 nitrogen and oxygen atoms in total. The second kappa shape index (κ2) is 8.92.